The number of aryl methyl sites for hydroxylation is 2. The Kier molecular flexibility index (Phi) is 4.31. The number of rotatable bonds is 4. The minimum Gasteiger partial charge on any atom is -0.339 e. The van der Waals surface area contributed by atoms with Gasteiger partial charge in [0, 0.05) is 26.2 Å². The monoisotopic (exact) mass is 286 g/mol. The molecule has 112 valence electrons. The van der Waals surface area contributed by atoms with E-state index in [2.05, 4.69) is 52.4 Å². The summed E-state index contributed by atoms with van der Waals surface area (Å²) in [6.07, 6.45) is 0.704. The van der Waals surface area contributed by atoms with Gasteiger partial charge in [0.1, 0.15) is 0 Å². The lowest BCUT2D eigenvalue weighted by atomic mass is 10.0. The van der Waals surface area contributed by atoms with Crippen LogP contribution in [0.2, 0.25) is 0 Å². The second-order valence-electron chi connectivity index (χ2n) is 5.73. The van der Waals surface area contributed by atoms with E-state index in [1.807, 2.05) is 0 Å². The van der Waals surface area contributed by atoms with Crippen molar-refractivity contribution < 1.29 is 4.52 Å². The SMILES string of the molecule is Cc1ccc(Cc2nc(CN3CCNCC3)no2)cc1C. The largest absolute Gasteiger partial charge is 0.339 e. The molecule has 1 saturated heterocycles. The number of hydrogen-bond acceptors (Lipinski definition) is 5. The van der Waals surface area contributed by atoms with Crippen molar-refractivity contribution in [3.05, 3.63) is 46.6 Å². The molecule has 5 nitrogen and oxygen atoms in total. The predicted octanol–water partition coefficient (Wildman–Crippen LogP) is 1.68. The molecule has 1 aromatic heterocycles. The zero-order valence-electron chi connectivity index (χ0n) is 12.7. The van der Waals surface area contributed by atoms with Crippen molar-refractivity contribution in [2.24, 2.45) is 0 Å². The second kappa shape index (κ2) is 6.37. The van der Waals surface area contributed by atoms with Crippen molar-refractivity contribution in [2.45, 2.75) is 26.8 Å². The van der Waals surface area contributed by atoms with Crippen LogP contribution in [0.3, 0.4) is 0 Å². The molecule has 2 heterocycles. The molecule has 0 atom stereocenters. The van der Waals surface area contributed by atoms with E-state index in [1.54, 1.807) is 0 Å². The summed E-state index contributed by atoms with van der Waals surface area (Å²) < 4.78 is 5.38. The smallest absolute Gasteiger partial charge is 0.231 e. The fourth-order valence-electron chi connectivity index (χ4n) is 2.58. The fourth-order valence-corrected chi connectivity index (χ4v) is 2.58. The molecule has 0 unspecified atom stereocenters. The molecule has 0 spiro atoms. The Morgan fingerprint density at radius 1 is 1.19 bits per heavy atom. The lowest BCUT2D eigenvalue weighted by molar-refractivity contribution is 0.224. The Balaban J connectivity index is 1.62. The molecule has 3 rings (SSSR count). The molecule has 1 fully saturated rings. The van der Waals surface area contributed by atoms with E-state index < -0.39 is 0 Å². The first-order valence-corrected chi connectivity index (χ1v) is 7.51. The second-order valence-corrected chi connectivity index (χ2v) is 5.73. The number of aromatic nitrogens is 2. The third kappa shape index (κ3) is 3.68. The van der Waals surface area contributed by atoms with Crippen LogP contribution in [-0.4, -0.2) is 41.2 Å². The van der Waals surface area contributed by atoms with Gasteiger partial charge >= 0.3 is 0 Å². The van der Waals surface area contributed by atoms with Crippen molar-refractivity contribution in [2.75, 3.05) is 26.2 Å². The third-order valence-corrected chi connectivity index (χ3v) is 4.01. The Bertz CT molecular complexity index is 602. The molecule has 0 saturated carbocycles. The van der Waals surface area contributed by atoms with Gasteiger partial charge in [0.25, 0.3) is 0 Å². The summed E-state index contributed by atoms with van der Waals surface area (Å²) in [6.45, 7) is 9.18. The molecule has 0 radical (unpaired) electrons. The summed E-state index contributed by atoms with van der Waals surface area (Å²) >= 11 is 0. The van der Waals surface area contributed by atoms with Gasteiger partial charge in [0.15, 0.2) is 5.82 Å². The maximum absolute atomic E-state index is 5.38. The van der Waals surface area contributed by atoms with Crippen LogP contribution in [0.25, 0.3) is 0 Å². The van der Waals surface area contributed by atoms with Crippen LogP contribution in [0.15, 0.2) is 22.7 Å². The summed E-state index contributed by atoms with van der Waals surface area (Å²) in [4.78, 5) is 6.86. The molecular weight excluding hydrogens is 264 g/mol. The lowest BCUT2D eigenvalue weighted by Gasteiger charge is -2.25. The highest BCUT2D eigenvalue weighted by atomic mass is 16.5. The molecule has 0 bridgehead atoms. The number of hydrogen-bond donors (Lipinski definition) is 1. The molecule has 1 aliphatic heterocycles. The zero-order chi connectivity index (χ0) is 14.7. The number of benzene rings is 1. The van der Waals surface area contributed by atoms with Gasteiger partial charge in [-0.1, -0.05) is 23.4 Å². The highest BCUT2D eigenvalue weighted by Crippen LogP contribution is 2.13. The minimum absolute atomic E-state index is 0.698. The number of nitrogens with zero attached hydrogens (tertiary/aromatic N) is 3. The van der Waals surface area contributed by atoms with Crippen molar-refractivity contribution in [1.82, 2.24) is 20.4 Å². The fraction of sp³-hybridized carbons (Fsp3) is 0.500. The van der Waals surface area contributed by atoms with Crippen molar-refractivity contribution in [3.8, 4) is 0 Å². The first kappa shape index (κ1) is 14.2. The molecule has 0 amide bonds. The topological polar surface area (TPSA) is 54.2 Å². The van der Waals surface area contributed by atoms with E-state index in [1.165, 1.54) is 16.7 Å². The molecule has 1 N–H and O–H groups in total. The summed E-state index contributed by atoms with van der Waals surface area (Å²) in [5.74, 6) is 1.49. The summed E-state index contributed by atoms with van der Waals surface area (Å²) in [5.41, 5.74) is 3.83. The van der Waals surface area contributed by atoms with Crippen LogP contribution in [-0.2, 0) is 13.0 Å². The van der Waals surface area contributed by atoms with Crippen LogP contribution in [0.4, 0.5) is 0 Å². The van der Waals surface area contributed by atoms with Crippen LogP contribution >= 0.6 is 0 Å². The van der Waals surface area contributed by atoms with E-state index in [0.29, 0.717) is 12.3 Å². The quantitative estimate of drug-likeness (QED) is 0.927. The van der Waals surface area contributed by atoms with E-state index >= 15 is 0 Å². The Morgan fingerprint density at radius 3 is 2.76 bits per heavy atom. The molecule has 1 aromatic carbocycles. The predicted molar refractivity (Wildman–Crippen MR) is 81.2 cm³/mol. The lowest BCUT2D eigenvalue weighted by Crippen LogP contribution is -2.43. The van der Waals surface area contributed by atoms with Gasteiger partial charge in [-0.25, -0.2) is 0 Å². The Morgan fingerprint density at radius 2 is 2.00 bits per heavy atom. The van der Waals surface area contributed by atoms with Crippen molar-refractivity contribution >= 4 is 0 Å². The summed E-state index contributed by atoms with van der Waals surface area (Å²) in [6, 6.07) is 6.46. The van der Waals surface area contributed by atoms with Crippen LogP contribution in [0.1, 0.15) is 28.4 Å². The van der Waals surface area contributed by atoms with Crippen LogP contribution < -0.4 is 5.32 Å². The number of nitrogens with one attached hydrogen (secondary N) is 1. The molecule has 1 aliphatic rings. The van der Waals surface area contributed by atoms with Crippen molar-refractivity contribution in [1.29, 1.82) is 0 Å². The van der Waals surface area contributed by atoms with E-state index in [-0.39, 0.29) is 0 Å². The summed E-state index contributed by atoms with van der Waals surface area (Å²) in [7, 11) is 0. The maximum Gasteiger partial charge on any atom is 0.231 e. The minimum atomic E-state index is 0.698. The van der Waals surface area contributed by atoms with Crippen LogP contribution in [0.5, 0.6) is 0 Å². The van der Waals surface area contributed by atoms with Gasteiger partial charge in [0.2, 0.25) is 5.89 Å². The molecule has 5 heteroatoms. The van der Waals surface area contributed by atoms with Gasteiger partial charge in [-0.15, -0.1) is 0 Å². The number of piperazine rings is 1. The molecule has 2 aromatic rings. The maximum atomic E-state index is 5.38. The third-order valence-electron chi connectivity index (χ3n) is 4.01. The molecule has 0 aliphatic carbocycles. The van der Waals surface area contributed by atoms with E-state index in [9.17, 15) is 0 Å². The molecular formula is C16H22N4O. The average Bonchev–Trinajstić information content (AvgIpc) is 2.91. The Labute approximate surface area is 125 Å². The first-order valence-electron chi connectivity index (χ1n) is 7.51. The summed E-state index contributed by atoms with van der Waals surface area (Å²) in [5, 5.41) is 7.44. The average molecular weight is 286 g/mol. The van der Waals surface area contributed by atoms with Crippen molar-refractivity contribution in [3.63, 3.8) is 0 Å². The molecule has 21 heavy (non-hydrogen) atoms. The van der Waals surface area contributed by atoms with Gasteiger partial charge in [-0.05, 0) is 30.5 Å². The first-order chi connectivity index (χ1) is 10.2. The van der Waals surface area contributed by atoms with Gasteiger partial charge in [-0.3, -0.25) is 4.90 Å². The Hall–Kier alpha value is -1.72. The van der Waals surface area contributed by atoms with E-state index in [4.69, 9.17) is 4.52 Å². The van der Waals surface area contributed by atoms with Gasteiger partial charge in [-0.2, -0.15) is 4.98 Å². The zero-order valence-corrected chi connectivity index (χ0v) is 12.7. The highest BCUT2D eigenvalue weighted by molar-refractivity contribution is 5.31. The van der Waals surface area contributed by atoms with E-state index in [0.717, 1.165) is 38.5 Å². The van der Waals surface area contributed by atoms with Gasteiger partial charge in [0.05, 0.1) is 13.0 Å². The van der Waals surface area contributed by atoms with Gasteiger partial charge < -0.3 is 9.84 Å². The van der Waals surface area contributed by atoms with Crippen LogP contribution in [0, 0.1) is 13.8 Å². The normalized spacial score (nSPS) is 16.3. The standard InChI is InChI=1S/C16H22N4O/c1-12-3-4-14(9-13(12)2)10-16-18-15(19-21-16)11-20-7-5-17-6-8-20/h3-4,9,17H,5-8,10-11H2,1-2H3. The highest BCUT2D eigenvalue weighted by Gasteiger charge is 2.14.